The summed E-state index contributed by atoms with van der Waals surface area (Å²) >= 11 is 0. The molecule has 0 saturated carbocycles. The maximum atomic E-state index is 13.6. The Hall–Kier alpha value is -3.14. The number of aryl methyl sites for hydroxylation is 1. The summed E-state index contributed by atoms with van der Waals surface area (Å²) in [6.07, 6.45) is -3.11. The smallest absolute Gasteiger partial charge is 0.233 e. The Kier molecular flexibility index (Phi) is 8.40. The number of aliphatic hydroxyl groups excluding tert-OH is 4. The van der Waals surface area contributed by atoms with Crippen LogP contribution in [0.15, 0.2) is 78.9 Å². The molecule has 3 aromatic carbocycles. The van der Waals surface area contributed by atoms with E-state index in [-0.39, 0.29) is 30.1 Å². The molecule has 2 aliphatic heterocycles. The molecule has 0 unspecified atom stereocenters. The number of carbonyl (C=O) groups excluding carboxylic acids is 1. The lowest BCUT2D eigenvalue weighted by atomic mass is 9.78. The summed E-state index contributed by atoms with van der Waals surface area (Å²) in [5.74, 6) is -0.541. The van der Waals surface area contributed by atoms with Crippen molar-refractivity contribution in [3.05, 3.63) is 101 Å². The van der Waals surface area contributed by atoms with Gasteiger partial charge in [0.05, 0.1) is 24.7 Å². The zero-order chi connectivity index (χ0) is 27.5. The molecule has 2 saturated heterocycles. The number of hydrogen-bond acceptors (Lipinski definition) is 6. The lowest BCUT2D eigenvalue weighted by molar-refractivity contribution is -0.228. The van der Waals surface area contributed by atoms with Gasteiger partial charge in [-0.05, 0) is 60.2 Å². The Morgan fingerprint density at radius 3 is 2.13 bits per heavy atom. The maximum Gasteiger partial charge on any atom is 0.233 e. The van der Waals surface area contributed by atoms with Gasteiger partial charge in [-0.15, -0.1) is 0 Å². The van der Waals surface area contributed by atoms with Gasteiger partial charge in [0, 0.05) is 12.1 Å². The number of halogens is 1. The van der Waals surface area contributed by atoms with Gasteiger partial charge in [0.15, 0.2) is 0 Å². The molecular formula is C31H34FNO6. The van der Waals surface area contributed by atoms with Crippen LogP contribution in [0.2, 0.25) is 0 Å². The first-order valence-electron chi connectivity index (χ1n) is 13.4. The van der Waals surface area contributed by atoms with E-state index >= 15 is 0 Å². The highest BCUT2D eigenvalue weighted by Gasteiger charge is 2.48. The van der Waals surface area contributed by atoms with Crippen molar-refractivity contribution in [2.75, 3.05) is 11.5 Å². The summed E-state index contributed by atoms with van der Waals surface area (Å²) in [6.45, 7) is -0.471. The number of carbonyl (C=O) groups is 1. The van der Waals surface area contributed by atoms with Crippen molar-refractivity contribution in [1.29, 1.82) is 0 Å². The van der Waals surface area contributed by atoms with Crippen molar-refractivity contribution in [3.8, 4) is 0 Å². The van der Waals surface area contributed by atoms with Crippen molar-refractivity contribution in [3.63, 3.8) is 0 Å². The first kappa shape index (κ1) is 27.4. The number of β-lactam (4-membered cyclic amide) rings is 1. The van der Waals surface area contributed by atoms with E-state index in [1.807, 2.05) is 42.5 Å². The largest absolute Gasteiger partial charge is 0.394 e. The number of rotatable bonds is 9. The Morgan fingerprint density at radius 1 is 0.795 bits per heavy atom. The summed E-state index contributed by atoms with van der Waals surface area (Å²) in [6, 6.07) is 23.6. The molecule has 206 valence electrons. The number of nitrogens with zero attached hydrogens (tertiary/aromatic N) is 1. The number of aliphatic hydroxyl groups is 4. The third-order valence-electron chi connectivity index (χ3n) is 7.89. The molecule has 0 bridgehead atoms. The number of anilines is 1. The first-order valence-corrected chi connectivity index (χ1v) is 13.4. The second-order valence-electron chi connectivity index (χ2n) is 10.4. The van der Waals surface area contributed by atoms with E-state index in [4.69, 9.17) is 4.74 Å². The van der Waals surface area contributed by atoms with E-state index in [9.17, 15) is 29.6 Å². The molecule has 0 radical (unpaired) electrons. The second kappa shape index (κ2) is 11.9. The van der Waals surface area contributed by atoms with Crippen LogP contribution in [0.4, 0.5) is 10.1 Å². The van der Waals surface area contributed by atoms with Crippen molar-refractivity contribution >= 4 is 11.6 Å². The lowest BCUT2D eigenvalue weighted by Gasteiger charge is -2.48. The number of benzene rings is 3. The molecule has 7 nitrogen and oxygen atoms in total. The highest BCUT2D eigenvalue weighted by atomic mass is 19.1. The first-order chi connectivity index (χ1) is 18.9. The molecule has 0 spiro atoms. The predicted octanol–water partition coefficient (Wildman–Crippen LogP) is 2.94. The Bertz CT molecular complexity index is 1240. The van der Waals surface area contributed by atoms with Crippen molar-refractivity contribution < 1.29 is 34.3 Å². The van der Waals surface area contributed by atoms with Crippen LogP contribution >= 0.6 is 0 Å². The second-order valence-corrected chi connectivity index (χ2v) is 10.4. The molecule has 4 N–H and O–H groups in total. The molecule has 5 rings (SSSR count). The molecule has 0 aromatic heterocycles. The van der Waals surface area contributed by atoms with Gasteiger partial charge >= 0.3 is 0 Å². The average molecular weight is 536 g/mol. The standard InChI is InChI=1S/C31H34FNO6/c32-22-13-15-23(16-14-22)33-27(24(31(33)38)8-4-7-19-5-2-1-3-6-19)21-11-9-20(10-12-21)17-25-28(35)30(37)29(36)26(18-34)39-25/h1-3,5-6,9-16,24-30,34-37H,4,7-8,17-18H2/t24-,25+,26-,27-,28+,29-,30-/m1/s1. The normalized spacial score (nSPS) is 28.8. The third kappa shape index (κ3) is 5.76. The van der Waals surface area contributed by atoms with Crippen LogP contribution in [0, 0.1) is 11.7 Å². The van der Waals surface area contributed by atoms with Gasteiger partial charge in [-0.1, -0.05) is 54.6 Å². The molecule has 2 aliphatic rings. The van der Waals surface area contributed by atoms with Crippen molar-refractivity contribution in [1.82, 2.24) is 0 Å². The Morgan fingerprint density at radius 2 is 1.46 bits per heavy atom. The van der Waals surface area contributed by atoms with E-state index in [0.717, 1.165) is 30.4 Å². The highest BCUT2D eigenvalue weighted by molar-refractivity contribution is 6.03. The van der Waals surface area contributed by atoms with Gasteiger partial charge in [-0.3, -0.25) is 4.79 Å². The molecule has 2 fully saturated rings. The SMILES string of the molecule is O=C1[C@H](CCCc2ccccc2)[C@@H](c2ccc(C[C@@H]3O[C@H](CO)[C@@H](O)[C@H](O)[C@H]3O)cc2)N1c1ccc(F)cc1. The quantitative estimate of drug-likeness (QED) is 0.314. The minimum atomic E-state index is -1.41. The van der Waals surface area contributed by atoms with E-state index in [1.54, 1.807) is 17.0 Å². The van der Waals surface area contributed by atoms with Crippen LogP contribution in [-0.4, -0.2) is 63.5 Å². The summed E-state index contributed by atoms with van der Waals surface area (Å²) < 4.78 is 19.2. The zero-order valence-electron chi connectivity index (χ0n) is 21.5. The number of hydrogen-bond donors (Lipinski definition) is 4. The Balaban J connectivity index is 1.32. The van der Waals surface area contributed by atoms with Gasteiger partial charge < -0.3 is 30.1 Å². The fourth-order valence-corrected chi connectivity index (χ4v) is 5.70. The molecule has 8 heteroatoms. The summed E-state index contributed by atoms with van der Waals surface area (Å²) in [5.41, 5.74) is 3.66. The number of amides is 1. The minimum Gasteiger partial charge on any atom is -0.394 e. The maximum absolute atomic E-state index is 13.6. The van der Waals surface area contributed by atoms with Crippen LogP contribution in [0.3, 0.4) is 0 Å². The molecule has 39 heavy (non-hydrogen) atoms. The molecular weight excluding hydrogens is 501 g/mol. The fourth-order valence-electron chi connectivity index (χ4n) is 5.70. The third-order valence-corrected chi connectivity index (χ3v) is 7.89. The molecule has 1 amide bonds. The highest BCUT2D eigenvalue weighted by Crippen LogP contribution is 2.45. The topological polar surface area (TPSA) is 110 Å². The van der Waals surface area contributed by atoms with Crippen molar-refractivity contribution in [2.45, 2.75) is 62.2 Å². The zero-order valence-corrected chi connectivity index (χ0v) is 21.5. The Labute approximate surface area is 227 Å². The lowest BCUT2D eigenvalue weighted by Crippen LogP contribution is -2.59. The minimum absolute atomic E-state index is 0.0186. The molecule has 3 aromatic rings. The van der Waals surface area contributed by atoms with Gasteiger partial charge in [0.25, 0.3) is 0 Å². The van der Waals surface area contributed by atoms with E-state index in [2.05, 4.69) is 12.1 Å². The monoisotopic (exact) mass is 535 g/mol. The van der Waals surface area contributed by atoms with E-state index in [1.165, 1.54) is 17.7 Å². The fraction of sp³-hybridized carbons (Fsp3) is 0.387. The molecule has 2 heterocycles. The van der Waals surface area contributed by atoms with Crippen molar-refractivity contribution in [2.24, 2.45) is 5.92 Å². The van der Waals surface area contributed by atoms with Crippen LogP contribution in [0.5, 0.6) is 0 Å². The van der Waals surface area contributed by atoms with Gasteiger partial charge in [-0.2, -0.15) is 0 Å². The predicted molar refractivity (Wildman–Crippen MR) is 143 cm³/mol. The average Bonchev–Trinajstić information content (AvgIpc) is 2.96. The van der Waals surface area contributed by atoms with Crippen LogP contribution in [-0.2, 0) is 22.4 Å². The molecule has 7 atom stereocenters. The van der Waals surface area contributed by atoms with Crippen LogP contribution in [0.1, 0.15) is 35.6 Å². The van der Waals surface area contributed by atoms with Gasteiger partial charge in [-0.25, -0.2) is 4.39 Å². The summed E-state index contributed by atoms with van der Waals surface area (Å²) in [5, 5.41) is 40.0. The van der Waals surface area contributed by atoms with Crippen LogP contribution < -0.4 is 4.90 Å². The number of ether oxygens (including phenoxy) is 1. The van der Waals surface area contributed by atoms with Gasteiger partial charge in [0.2, 0.25) is 5.91 Å². The van der Waals surface area contributed by atoms with E-state index in [0.29, 0.717) is 5.69 Å². The van der Waals surface area contributed by atoms with E-state index < -0.39 is 37.1 Å². The van der Waals surface area contributed by atoms with Gasteiger partial charge in [0.1, 0.15) is 30.2 Å². The molecule has 0 aliphatic carbocycles. The summed E-state index contributed by atoms with van der Waals surface area (Å²) in [4.78, 5) is 15.0. The summed E-state index contributed by atoms with van der Waals surface area (Å²) in [7, 11) is 0. The van der Waals surface area contributed by atoms with Crippen LogP contribution in [0.25, 0.3) is 0 Å².